The lowest BCUT2D eigenvalue weighted by atomic mass is 9.98. The number of fused-ring (bicyclic) bond motifs is 1. The molecule has 2 rings (SSSR count). The molecule has 1 aliphatic heterocycles. The van der Waals surface area contributed by atoms with Crippen molar-refractivity contribution in [1.82, 2.24) is 0 Å². The third-order valence-electron chi connectivity index (χ3n) is 2.55. The molecule has 1 aliphatic rings. The number of nitrogens with two attached hydrogens (primary N) is 1. The molecule has 0 bridgehead atoms. The van der Waals surface area contributed by atoms with E-state index in [-0.39, 0.29) is 18.4 Å². The molecule has 0 aromatic heterocycles. The van der Waals surface area contributed by atoms with Gasteiger partial charge in [-0.1, -0.05) is 19.9 Å². The van der Waals surface area contributed by atoms with Crippen molar-refractivity contribution in [2.45, 2.75) is 26.3 Å². The molecule has 0 unspecified atom stereocenters. The van der Waals surface area contributed by atoms with E-state index >= 15 is 0 Å². The van der Waals surface area contributed by atoms with Gasteiger partial charge >= 0.3 is 0 Å². The predicted molar refractivity (Wildman–Crippen MR) is 66.2 cm³/mol. The first kappa shape index (κ1) is 13.1. The molecule has 90 valence electrons. The molecular formula is C12H18ClNO2. The van der Waals surface area contributed by atoms with Crippen LogP contribution in [0, 0.1) is 5.92 Å². The highest BCUT2D eigenvalue weighted by Gasteiger charge is 2.16. The molecule has 0 saturated carbocycles. The molecule has 1 atom stereocenters. The number of ether oxygens (including phenoxy) is 2. The third-order valence-corrected chi connectivity index (χ3v) is 2.55. The van der Waals surface area contributed by atoms with Crippen LogP contribution in [-0.4, -0.2) is 6.79 Å². The van der Waals surface area contributed by atoms with Crippen LogP contribution in [0.25, 0.3) is 0 Å². The molecule has 1 heterocycles. The van der Waals surface area contributed by atoms with Crippen LogP contribution < -0.4 is 15.2 Å². The fourth-order valence-electron chi connectivity index (χ4n) is 1.79. The Kier molecular flexibility index (Phi) is 4.44. The van der Waals surface area contributed by atoms with Crippen LogP contribution in [-0.2, 0) is 0 Å². The molecule has 1 aromatic rings. The highest BCUT2D eigenvalue weighted by Crippen LogP contribution is 2.34. The van der Waals surface area contributed by atoms with Crippen LogP contribution in [0.15, 0.2) is 18.2 Å². The van der Waals surface area contributed by atoms with E-state index in [0.29, 0.717) is 12.7 Å². The van der Waals surface area contributed by atoms with Gasteiger partial charge in [0.05, 0.1) is 0 Å². The van der Waals surface area contributed by atoms with Gasteiger partial charge in [0.15, 0.2) is 11.5 Å². The molecule has 0 radical (unpaired) electrons. The summed E-state index contributed by atoms with van der Waals surface area (Å²) < 4.78 is 10.6. The Morgan fingerprint density at radius 1 is 1.25 bits per heavy atom. The van der Waals surface area contributed by atoms with Crippen LogP contribution >= 0.6 is 12.4 Å². The molecule has 4 heteroatoms. The highest BCUT2D eigenvalue weighted by molar-refractivity contribution is 5.85. The quantitative estimate of drug-likeness (QED) is 0.888. The van der Waals surface area contributed by atoms with Crippen molar-refractivity contribution in [2.75, 3.05) is 6.79 Å². The van der Waals surface area contributed by atoms with E-state index in [1.807, 2.05) is 18.2 Å². The van der Waals surface area contributed by atoms with Gasteiger partial charge < -0.3 is 15.2 Å². The molecule has 16 heavy (non-hydrogen) atoms. The van der Waals surface area contributed by atoms with Crippen LogP contribution in [0.5, 0.6) is 11.5 Å². The van der Waals surface area contributed by atoms with Gasteiger partial charge in [-0.15, -0.1) is 12.4 Å². The van der Waals surface area contributed by atoms with Gasteiger partial charge in [0.1, 0.15) is 0 Å². The van der Waals surface area contributed by atoms with E-state index in [4.69, 9.17) is 15.2 Å². The molecule has 0 saturated heterocycles. The first-order valence-electron chi connectivity index (χ1n) is 5.32. The van der Waals surface area contributed by atoms with Crippen molar-refractivity contribution in [3.8, 4) is 11.5 Å². The van der Waals surface area contributed by atoms with Crippen molar-refractivity contribution in [1.29, 1.82) is 0 Å². The molecule has 0 spiro atoms. The second-order valence-electron chi connectivity index (χ2n) is 4.35. The van der Waals surface area contributed by atoms with Gasteiger partial charge in [-0.3, -0.25) is 0 Å². The van der Waals surface area contributed by atoms with Gasteiger partial charge in [-0.05, 0) is 30.0 Å². The van der Waals surface area contributed by atoms with E-state index in [2.05, 4.69) is 13.8 Å². The second-order valence-corrected chi connectivity index (χ2v) is 4.35. The van der Waals surface area contributed by atoms with Gasteiger partial charge in [0.2, 0.25) is 6.79 Å². The van der Waals surface area contributed by atoms with Crippen molar-refractivity contribution < 1.29 is 9.47 Å². The number of hydrogen-bond donors (Lipinski definition) is 1. The smallest absolute Gasteiger partial charge is 0.231 e. The van der Waals surface area contributed by atoms with Crippen molar-refractivity contribution >= 4 is 12.4 Å². The molecule has 3 nitrogen and oxygen atoms in total. The normalized spacial score (nSPS) is 14.8. The molecular weight excluding hydrogens is 226 g/mol. The molecule has 0 fully saturated rings. The standard InChI is InChI=1S/C12H17NO2.ClH/c1-8(2)5-10(13)9-3-4-11-12(6-9)15-7-14-11;/h3-4,6,8,10H,5,7,13H2,1-2H3;1H/t10-;/m1./s1. The zero-order valence-electron chi connectivity index (χ0n) is 9.60. The summed E-state index contributed by atoms with van der Waals surface area (Å²) in [6.45, 7) is 4.66. The Labute approximate surface area is 102 Å². The zero-order valence-corrected chi connectivity index (χ0v) is 10.4. The minimum Gasteiger partial charge on any atom is -0.454 e. The fraction of sp³-hybridized carbons (Fsp3) is 0.500. The Bertz CT molecular complexity index is 355. The van der Waals surface area contributed by atoms with E-state index < -0.39 is 0 Å². The van der Waals surface area contributed by atoms with E-state index in [1.54, 1.807) is 0 Å². The van der Waals surface area contributed by atoms with Gasteiger partial charge in [0.25, 0.3) is 0 Å². The summed E-state index contributed by atoms with van der Waals surface area (Å²) in [4.78, 5) is 0. The maximum atomic E-state index is 6.09. The van der Waals surface area contributed by atoms with E-state index in [0.717, 1.165) is 23.5 Å². The summed E-state index contributed by atoms with van der Waals surface area (Å²) in [5, 5.41) is 0. The monoisotopic (exact) mass is 243 g/mol. The topological polar surface area (TPSA) is 44.5 Å². The lowest BCUT2D eigenvalue weighted by molar-refractivity contribution is 0.174. The second kappa shape index (κ2) is 5.41. The minimum atomic E-state index is 0. The first-order chi connectivity index (χ1) is 7.16. The maximum Gasteiger partial charge on any atom is 0.231 e. The average Bonchev–Trinajstić information content (AvgIpc) is 2.62. The molecule has 0 aliphatic carbocycles. The minimum absolute atomic E-state index is 0. The van der Waals surface area contributed by atoms with Crippen molar-refractivity contribution in [3.05, 3.63) is 23.8 Å². The number of rotatable bonds is 3. The van der Waals surface area contributed by atoms with E-state index in [9.17, 15) is 0 Å². The number of benzene rings is 1. The Morgan fingerprint density at radius 2 is 1.94 bits per heavy atom. The average molecular weight is 244 g/mol. The summed E-state index contributed by atoms with van der Waals surface area (Å²) in [5.74, 6) is 2.23. The zero-order chi connectivity index (χ0) is 10.8. The largest absolute Gasteiger partial charge is 0.454 e. The lowest BCUT2D eigenvalue weighted by Gasteiger charge is -2.14. The molecule has 0 amide bonds. The Morgan fingerprint density at radius 3 is 2.62 bits per heavy atom. The van der Waals surface area contributed by atoms with Crippen LogP contribution in [0.1, 0.15) is 31.9 Å². The summed E-state index contributed by atoms with van der Waals surface area (Å²) >= 11 is 0. The van der Waals surface area contributed by atoms with Crippen molar-refractivity contribution in [3.63, 3.8) is 0 Å². The van der Waals surface area contributed by atoms with Crippen LogP contribution in [0.3, 0.4) is 0 Å². The maximum absolute atomic E-state index is 6.09. The lowest BCUT2D eigenvalue weighted by Crippen LogP contribution is -2.12. The first-order valence-corrected chi connectivity index (χ1v) is 5.32. The summed E-state index contributed by atoms with van der Waals surface area (Å²) in [7, 11) is 0. The van der Waals surface area contributed by atoms with Gasteiger partial charge in [-0.2, -0.15) is 0 Å². The SMILES string of the molecule is CC(C)C[C@@H](N)c1ccc2c(c1)OCO2.Cl. The molecule has 2 N–H and O–H groups in total. The highest BCUT2D eigenvalue weighted by atomic mass is 35.5. The number of hydrogen-bond acceptors (Lipinski definition) is 3. The van der Waals surface area contributed by atoms with Crippen LogP contribution in [0.4, 0.5) is 0 Å². The Hall–Kier alpha value is -0.930. The number of halogens is 1. The van der Waals surface area contributed by atoms with Gasteiger partial charge in [0, 0.05) is 6.04 Å². The van der Waals surface area contributed by atoms with Crippen molar-refractivity contribution in [2.24, 2.45) is 11.7 Å². The Balaban J connectivity index is 0.00000128. The summed E-state index contributed by atoms with van der Waals surface area (Å²) in [6.07, 6.45) is 0.986. The third kappa shape index (κ3) is 2.80. The van der Waals surface area contributed by atoms with Gasteiger partial charge in [-0.25, -0.2) is 0 Å². The summed E-state index contributed by atoms with van der Waals surface area (Å²) in [5.41, 5.74) is 7.21. The van der Waals surface area contributed by atoms with E-state index in [1.165, 1.54) is 0 Å². The predicted octanol–water partition coefficient (Wildman–Crippen LogP) is 2.88. The fourth-order valence-corrected chi connectivity index (χ4v) is 1.79. The molecule has 1 aromatic carbocycles. The van der Waals surface area contributed by atoms with Crippen LogP contribution in [0.2, 0.25) is 0 Å². The summed E-state index contributed by atoms with van der Waals surface area (Å²) in [6, 6.07) is 6.01.